The molecule has 7 nitrogen and oxygen atoms in total. The highest BCUT2D eigenvalue weighted by Crippen LogP contribution is 2.05. The van der Waals surface area contributed by atoms with Crippen molar-refractivity contribution in [1.82, 2.24) is 0 Å². The van der Waals surface area contributed by atoms with Crippen LogP contribution in [0.15, 0.2) is 0 Å². The standard InChI is InChI=1S/C8H12O7/c1-3(9)4(10)2-5(11)6(12)7(13)8(14)15/h5-7,11-13H,2H2,1H3,(H,14,15)/t5-,6-,7+/m1/s1. The Labute approximate surface area is 85.0 Å². The molecule has 7 heteroatoms. The fourth-order valence-electron chi connectivity index (χ4n) is 0.811. The van der Waals surface area contributed by atoms with Crippen LogP contribution in [0.25, 0.3) is 0 Å². The Morgan fingerprint density at radius 1 is 1.13 bits per heavy atom. The van der Waals surface area contributed by atoms with Gasteiger partial charge in [-0.15, -0.1) is 0 Å². The molecule has 0 spiro atoms. The zero-order valence-electron chi connectivity index (χ0n) is 7.95. The van der Waals surface area contributed by atoms with Crippen LogP contribution in [0.2, 0.25) is 0 Å². The van der Waals surface area contributed by atoms with Crippen molar-refractivity contribution in [2.75, 3.05) is 0 Å². The number of Topliss-reactive ketones (excluding diaryl/α,β-unsaturated/α-hetero) is 2. The zero-order chi connectivity index (χ0) is 12.2. The summed E-state index contributed by atoms with van der Waals surface area (Å²) < 4.78 is 0. The molecule has 3 atom stereocenters. The van der Waals surface area contributed by atoms with Crippen LogP contribution in [-0.2, 0) is 14.4 Å². The molecule has 0 radical (unpaired) electrons. The number of ketones is 2. The summed E-state index contributed by atoms with van der Waals surface area (Å²) in [5.74, 6) is -3.48. The number of carboxylic acid groups (broad SMARTS) is 1. The molecule has 0 aromatic rings. The van der Waals surface area contributed by atoms with Crippen LogP contribution < -0.4 is 0 Å². The maximum Gasteiger partial charge on any atom is 0.335 e. The average molecular weight is 220 g/mol. The van der Waals surface area contributed by atoms with Crippen molar-refractivity contribution in [2.24, 2.45) is 0 Å². The van der Waals surface area contributed by atoms with Crippen LogP contribution in [0.4, 0.5) is 0 Å². The molecule has 0 saturated heterocycles. The van der Waals surface area contributed by atoms with Crippen molar-refractivity contribution in [1.29, 1.82) is 0 Å². The summed E-state index contributed by atoms with van der Waals surface area (Å²) in [6, 6.07) is 0. The quantitative estimate of drug-likeness (QED) is 0.370. The van der Waals surface area contributed by atoms with Crippen molar-refractivity contribution in [3.05, 3.63) is 0 Å². The van der Waals surface area contributed by atoms with Gasteiger partial charge in [0.1, 0.15) is 6.10 Å². The van der Waals surface area contributed by atoms with Crippen LogP contribution in [0.5, 0.6) is 0 Å². The number of aliphatic hydroxyl groups is 3. The molecule has 0 bridgehead atoms. The highest BCUT2D eigenvalue weighted by atomic mass is 16.4. The lowest BCUT2D eigenvalue weighted by molar-refractivity contribution is -0.159. The number of aliphatic hydroxyl groups excluding tert-OH is 3. The van der Waals surface area contributed by atoms with Crippen LogP contribution in [-0.4, -0.2) is 56.3 Å². The predicted molar refractivity (Wildman–Crippen MR) is 46.0 cm³/mol. The monoisotopic (exact) mass is 220 g/mol. The Bertz CT molecular complexity index is 272. The van der Waals surface area contributed by atoms with E-state index in [2.05, 4.69) is 0 Å². The lowest BCUT2D eigenvalue weighted by atomic mass is 10.0. The largest absolute Gasteiger partial charge is 0.479 e. The van der Waals surface area contributed by atoms with E-state index in [1.807, 2.05) is 0 Å². The average Bonchev–Trinajstić information content (AvgIpc) is 2.14. The number of carbonyl (C=O) groups is 3. The molecule has 0 saturated carbocycles. The van der Waals surface area contributed by atoms with Crippen molar-refractivity contribution in [3.8, 4) is 0 Å². The first-order chi connectivity index (χ1) is 6.77. The van der Waals surface area contributed by atoms with Gasteiger partial charge in [-0.05, 0) is 0 Å². The van der Waals surface area contributed by atoms with E-state index in [0.29, 0.717) is 0 Å². The summed E-state index contributed by atoms with van der Waals surface area (Å²) in [4.78, 5) is 31.5. The van der Waals surface area contributed by atoms with E-state index in [9.17, 15) is 14.4 Å². The highest BCUT2D eigenvalue weighted by molar-refractivity contribution is 6.36. The van der Waals surface area contributed by atoms with E-state index in [-0.39, 0.29) is 0 Å². The molecule has 4 N–H and O–H groups in total. The molecule has 0 amide bonds. The number of carbonyl (C=O) groups excluding carboxylic acids is 2. The molecule has 0 aliphatic rings. The summed E-state index contributed by atoms with van der Waals surface area (Å²) in [6.45, 7) is 0.981. The van der Waals surface area contributed by atoms with Gasteiger partial charge in [0, 0.05) is 13.3 Å². The third-order valence-corrected chi connectivity index (χ3v) is 1.76. The molecule has 0 unspecified atom stereocenters. The maximum absolute atomic E-state index is 10.8. The van der Waals surface area contributed by atoms with Gasteiger partial charge in [-0.25, -0.2) is 4.79 Å². The van der Waals surface area contributed by atoms with Crippen molar-refractivity contribution < 1.29 is 34.8 Å². The van der Waals surface area contributed by atoms with Crippen molar-refractivity contribution in [2.45, 2.75) is 31.7 Å². The van der Waals surface area contributed by atoms with Crippen LogP contribution >= 0.6 is 0 Å². The fourth-order valence-corrected chi connectivity index (χ4v) is 0.811. The Morgan fingerprint density at radius 2 is 1.60 bits per heavy atom. The molecule has 0 aliphatic carbocycles. The SMILES string of the molecule is CC(=O)C(=O)C[C@@H](O)[C@@H](O)[C@H](O)C(=O)O. The second-order valence-corrected chi connectivity index (χ2v) is 3.02. The Hall–Kier alpha value is -1.31. The molecular weight excluding hydrogens is 208 g/mol. The normalized spacial score (nSPS) is 16.5. The second kappa shape index (κ2) is 5.54. The number of aliphatic carboxylic acids is 1. The second-order valence-electron chi connectivity index (χ2n) is 3.02. The molecule has 0 aliphatic heterocycles. The van der Waals surface area contributed by atoms with Gasteiger partial charge in [0.25, 0.3) is 0 Å². The topological polar surface area (TPSA) is 132 Å². The summed E-state index contributed by atoms with van der Waals surface area (Å²) >= 11 is 0. The lowest BCUT2D eigenvalue weighted by Crippen LogP contribution is -2.43. The molecule has 15 heavy (non-hydrogen) atoms. The van der Waals surface area contributed by atoms with E-state index in [0.717, 1.165) is 6.92 Å². The molecule has 0 heterocycles. The summed E-state index contributed by atoms with van der Waals surface area (Å²) in [6.07, 6.45) is -6.71. The summed E-state index contributed by atoms with van der Waals surface area (Å²) in [5, 5.41) is 35.2. The number of hydrogen-bond donors (Lipinski definition) is 4. The summed E-state index contributed by atoms with van der Waals surface area (Å²) in [7, 11) is 0. The minimum absolute atomic E-state index is 0.721. The highest BCUT2D eigenvalue weighted by Gasteiger charge is 2.31. The number of carboxylic acids is 1. The van der Waals surface area contributed by atoms with Crippen LogP contribution in [0, 0.1) is 0 Å². The third kappa shape index (κ3) is 4.15. The van der Waals surface area contributed by atoms with Gasteiger partial charge in [-0.1, -0.05) is 0 Å². The van der Waals surface area contributed by atoms with Gasteiger partial charge in [-0.3, -0.25) is 9.59 Å². The molecular formula is C8H12O7. The number of rotatable bonds is 6. The molecule has 0 aromatic heterocycles. The van der Waals surface area contributed by atoms with Crippen LogP contribution in [0.3, 0.4) is 0 Å². The first-order valence-electron chi connectivity index (χ1n) is 4.08. The van der Waals surface area contributed by atoms with Gasteiger partial charge < -0.3 is 20.4 Å². The Balaban J connectivity index is 4.33. The summed E-state index contributed by atoms with van der Waals surface area (Å²) in [5.41, 5.74) is 0. The van der Waals surface area contributed by atoms with Crippen molar-refractivity contribution >= 4 is 17.5 Å². The van der Waals surface area contributed by atoms with Gasteiger partial charge in [0.2, 0.25) is 5.78 Å². The molecule has 86 valence electrons. The van der Waals surface area contributed by atoms with E-state index < -0.39 is 42.3 Å². The molecule has 0 rings (SSSR count). The number of hydrogen-bond acceptors (Lipinski definition) is 6. The molecule has 0 aromatic carbocycles. The van der Waals surface area contributed by atoms with E-state index in [1.165, 1.54) is 0 Å². The fraction of sp³-hybridized carbons (Fsp3) is 0.625. The van der Waals surface area contributed by atoms with Gasteiger partial charge in [0.15, 0.2) is 11.9 Å². The maximum atomic E-state index is 10.8. The minimum atomic E-state index is -2.19. The van der Waals surface area contributed by atoms with Gasteiger partial charge >= 0.3 is 5.97 Å². The minimum Gasteiger partial charge on any atom is -0.479 e. The van der Waals surface area contributed by atoms with E-state index in [1.54, 1.807) is 0 Å². The Kier molecular flexibility index (Phi) is 5.06. The zero-order valence-corrected chi connectivity index (χ0v) is 7.95. The van der Waals surface area contributed by atoms with E-state index in [4.69, 9.17) is 20.4 Å². The van der Waals surface area contributed by atoms with E-state index >= 15 is 0 Å². The van der Waals surface area contributed by atoms with Gasteiger partial charge in [-0.2, -0.15) is 0 Å². The van der Waals surface area contributed by atoms with Gasteiger partial charge in [0.05, 0.1) is 6.10 Å². The van der Waals surface area contributed by atoms with Crippen LogP contribution in [0.1, 0.15) is 13.3 Å². The smallest absolute Gasteiger partial charge is 0.335 e. The first kappa shape index (κ1) is 13.7. The molecule has 0 fully saturated rings. The lowest BCUT2D eigenvalue weighted by Gasteiger charge is -2.18. The third-order valence-electron chi connectivity index (χ3n) is 1.76. The predicted octanol–water partition coefficient (Wildman–Crippen LogP) is -2.30. The first-order valence-corrected chi connectivity index (χ1v) is 4.08. The Morgan fingerprint density at radius 3 is 1.93 bits per heavy atom. The van der Waals surface area contributed by atoms with Crippen molar-refractivity contribution in [3.63, 3.8) is 0 Å².